The summed E-state index contributed by atoms with van der Waals surface area (Å²) in [6, 6.07) is 8.19. The summed E-state index contributed by atoms with van der Waals surface area (Å²) in [5, 5.41) is 6.51. The SMILES string of the molecule is CC(C)C(NC(=O)CC1CCCN1)c1nc2ccccc2[nH]1. The number of aromatic nitrogens is 2. The quantitative estimate of drug-likeness (QED) is 0.794. The lowest BCUT2D eigenvalue weighted by Gasteiger charge is -2.21. The molecule has 0 spiro atoms. The summed E-state index contributed by atoms with van der Waals surface area (Å²) in [6.07, 6.45) is 2.79. The number of nitrogens with zero attached hydrogens (tertiary/aromatic N) is 1. The van der Waals surface area contributed by atoms with Gasteiger partial charge >= 0.3 is 0 Å². The Balaban J connectivity index is 1.72. The van der Waals surface area contributed by atoms with Crippen molar-refractivity contribution < 1.29 is 4.79 Å². The molecule has 22 heavy (non-hydrogen) atoms. The van der Waals surface area contributed by atoms with Gasteiger partial charge in [0.2, 0.25) is 5.91 Å². The third-order valence-electron chi connectivity index (χ3n) is 4.28. The van der Waals surface area contributed by atoms with Gasteiger partial charge in [0.05, 0.1) is 17.1 Å². The van der Waals surface area contributed by atoms with Crippen LogP contribution in [-0.2, 0) is 4.79 Å². The molecule has 0 radical (unpaired) electrons. The molecular weight excluding hydrogens is 276 g/mol. The Labute approximate surface area is 130 Å². The highest BCUT2D eigenvalue weighted by molar-refractivity contribution is 5.78. The van der Waals surface area contributed by atoms with E-state index in [2.05, 4.69) is 34.4 Å². The predicted octanol–water partition coefficient (Wildman–Crippen LogP) is 2.52. The van der Waals surface area contributed by atoms with E-state index in [1.807, 2.05) is 24.3 Å². The first kappa shape index (κ1) is 15.0. The van der Waals surface area contributed by atoms with E-state index in [1.165, 1.54) is 0 Å². The van der Waals surface area contributed by atoms with Crippen molar-refractivity contribution >= 4 is 16.9 Å². The molecule has 5 nitrogen and oxygen atoms in total. The Morgan fingerprint density at radius 3 is 2.91 bits per heavy atom. The van der Waals surface area contributed by atoms with E-state index in [9.17, 15) is 4.79 Å². The third kappa shape index (κ3) is 3.30. The van der Waals surface area contributed by atoms with Crippen molar-refractivity contribution in [3.63, 3.8) is 0 Å². The van der Waals surface area contributed by atoms with E-state index in [0.29, 0.717) is 12.5 Å². The van der Waals surface area contributed by atoms with Gasteiger partial charge in [-0.15, -0.1) is 0 Å². The van der Waals surface area contributed by atoms with Crippen molar-refractivity contribution in [1.82, 2.24) is 20.6 Å². The van der Waals surface area contributed by atoms with Gasteiger partial charge in [0.15, 0.2) is 0 Å². The van der Waals surface area contributed by atoms with Crippen LogP contribution >= 0.6 is 0 Å². The second-order valence-electron chi connectivity index (χ2n) is 6.43. The van der Waals surface area contributed by atoms with Gasteiger partial charge in [0.1, 0.15) is 5.82 Å². The van der Waals surface area contributed by atoms with E-state index < -0.39 is 0 Å². The summed E-state index contributed by atoms with van der Waals surface area (Å²) < 4.78 is 0. The maximum Gasteiger partial charge on any atom is 0.222 e. The second-order valence-corrected chi connectivity index (χ2v) is 6.43. The molecule has 1 saturated heterocycles. The highest BCUT2D eigenvalue weighted by Gasteiger charge is 2.24. The van der Waals surface area contributed by atoms with E-state index in [4.69, 9.17) is 0 Å². The Hall–Kier alpha value is -1.88. The fourth-order valence-corrected chi connectivity index (χ4v) is 3.06. The molecule has 3 rings (SSSR count). The zero-order valence-corrected chi connectivity index (χ0v) is 13.2. The van der Waals surface area contributed by atoms with Crippen LogP contribution in [0.4, 0.5) is 0 Å². The van der Waals surface area contributed by atoms with Crippen LogP contribution in [0, 0.1) is 5.92 Å². The molecule has 1 fully saturated rings. The van der Waals surface area contributed by atoms with Crippen molar-refractivity contribution in [2.45, 2.75) is 45.2 Å². The second kappa shape index (κ2) is 6.48. The van der Waals surface area contributed by atoms with Crippen LogP contribution in [0.1, 0.15) is 45.0 Å². The summed E-state index contributed by atoms with van der Waals surface area (Å²) in [6.45, 7) is 5.23. The minimum absolute atomic E-state index is 0.0821. The van der Waals surface area contributed by atoms with Crippen molar-refractivity contribution in [3.8, 4) is 0 Å². The van der Waals surface area contributed by atoms with Crippen LogP contribution in [0.25, 0.3) is 11.0 Å². The van der Waals surface area contributed by atoms with Gasteiger partial charge in [-0.2, -0.15) is 0 Å². The van der Waals surface area contributed by atoms with Crippen molar-refractivity contribution in [3.05, 3.63) is 30.1 Å². The van der Waals surface area contributed by atoms with E-state index >= 15 is 0 Å². The molecule has 0 aliphatic carbocycles. The largest absolute Gasteiger partial charge is 0.346 e. The van der Waals surface area contributed by atoms with Crippen LogP contribution in [0.5, 0.6) is 0 Å². The molecule has 1 aromatic carbocycles. The van der Waals surface area contributed by atoms with Gasteiger partial charge in [-0.05, 0) is 37.4 Å². The molecule has 1 aromatic heterocycles. The molecule has 3 N–H and O–H groups in total. The van der Waals surface area contributed by atoms with E-state index in [1.54, 1.807) is 0 Å². The molecular formula is C17H24N4O. The third-order valence-corrected chi connectivity index (χ3v) is 4.28. The van der Waals surface area contributed by atoms with Crippen molar-refractivity contribution in [2.75, 3.05) is 6.54 Å². The first-order valence-electron chi connectivity index (χ1n) is 8.11. The molecule has 2 unspecified atom stereocenters. The number of hydrogen-bond acceptors (Lipinski definition) is 3. The number of imidazole rings is 1. The normalized spacial score (nSPS) is 19.7. The zero-order valence-electron chi connectivity index (χ0n) is 13.2. The molecule has 1 aliphatic rings. The zero-order chi connectivity index (χ0) is 15.5. The lowest BCUT2D eigenvalue weighted by Crippen LogP contribution is -2.36. The van der Waals surface area contributed by atoms with Gasteiger partial charge in [-0.1, -0.05) is 26.0 Å². The molecule has 0 saturated carbocycles. The lowest BCUT2D eigenvalue weighted by atomic mass is 10.0. The van der Waals surface area contributed by atoms with Crippen LogP contribution in [0.3, 0.4) is 0 Å². The summed E-state index contributed by atoms with van der Waals surface area (Å²) in [7, 11) is 0. The Bertz CT molecular complexity index is 610. The van der Waals surface area contributed by atoms with Gasteiger partial charge in [-0.3, -0.25) is 4.79 Å². The Morgan fingerprint density at radius 1 is 1.41 bits per heavy atom. The number of carbonyl (C=O) groups excluding carboxylic acids is 1. The number of amides is 1. The Morgan fingerprint density at radius 2 is 2.23 bits per heavy atom. The number of rotatable bonds is 5. The molecule has 1 amide bonds. The monoisotopic (exact) mass is 300 g/mol. The van der Waals surface area contributed by atoms with Gasteiger partial charge in [-0.25, -0.2) is 4.98 Å². The molecule has 2 aromatic rings. The standard InChI is InChI=1S/C17H24N4O/c1-11(2)16(21-15(22)10-12-6-5-9-18-12)17-19-13-7-3-4-8-14(13)20-17/h3-4,7-8,11-12,16,18H,5-6,9-10H2,1-2H3,(H,19,20)(H,21,22). The molecule has 118 valence electrons. The maximum absolute atomic E-state index is 12.3. The topological polar surface area (TPSA) is 69.8 Å². The highest BCUT2D eigenvalue weighted by Crippen LogP contribution is 2.22. The number of H-pyrrole nitrogens is 1. The van der Waals surface area contributed by atoms with Crippen molar-refractivity contribution in [2.24, 2.45) is 5.92 Å². The molecule has 0 bridgehead atoms. The van der Waals surface area contributed by atoms with Crippen molar-refractivity contribution in [1.29, 1.82) is 0 Å². The fraction of sp³-hybridized carbons (Fsp3) is 0.529. The first-order chi connectivity index (χ1) is 10.6. The minimum atomic E-state index is -0.0821. The smallest absolute Gasteiger partial charge is 0.222 e. The van der Waals surface area contributed by atoms with Crippen LogP contribution < -0.4 is 10.6 Å². The lowest BCUT2D eigenvalue weighted by molar-refractivity contribution is -0.122. The number of hydrogen-bond donors (Lipinski definition) is 3. The van der Waals surface area contributed by atoms with E-state index in [-0.39, 0.29) is 17.9 Å². The number of fused-ring (bicyclic) bond motifs is 1. The number of para-hydroxylation sites is 2. The fourth-order valence-electron chi connectivity index (χ4n) is 3.06. The first-order valence-corrected chi connectivity index (χ1v) is 8.11. The average Bonchev–Trinajstić information content (AvgIpc) is 3.12. The maximum atomic E-state index is 12.3. The molecule has 2 atom stereocenters. The molecule has 1 aliphatic heterocycles. The summed E-state index contributed by atoms with van der Waals surface area (Å²) in [5.74, 6) is 1.21. The number of nitrogens with one attached hydrogen (secondary N) is 3. The van der Waals surface area contributed by atoms with Gasteiger partial charge in [0.25, 0.3) is 0 Å². The minimum Gasteiger partial charge on any atom is -0.346 e. The van der Waals surface area contributed by atoms with Crippen LogP contribution in [-0.4, -0.2) is 28.5 Å². The predicted molar refractivity (Wildman–Crippen MR) is 87.5 cm³/mol. The number of benzene rings is 1. The number of aromatic amines is 1. The molecule has 5 heteroatoms. The van der Waals surface area contributed by atoms with Crippen LogP contribution in [0.15, 0.2) is 24.3 Å². The molecule has 2 heterocycles. The van der Waals surface area contributed by atoms with Gasteiger partial charge in [0, 0.05) is 12.5 Å². The van der Waals surface area contributed by atoms with Crippen LogP contribution in [0.2, 0.25) is 0 Å². The number of carbonyl (C=O) groups is 1. The average molecular weight is 300 g/mol. The summed E-state index contributed by atoms with van der Waals surface area (Å²) in [4.78, 5) is 20.3. The summed E-state index contributed by atoms with van der Waals surface area (Å²) in [5.41, 5.74) is 1.95. The summed E-state index contributed by atoms with van der Waals surface area (Å²) >= 11 is 0. The highest BCUT2D eigenvalue weighted by atomic mass is 16.1. The van der Waals surface area contributed by atoms with Gasteiger partial charge < -0.3 is 15.6 Å². The van der Waals surface area contributed by atoms with E-state index in [0.717, 1.165) is 36.2 Å². The Kier molecular flexibility index (Phi) is 4.43.